The first-order chi connectivity index (χ1) is 9.74. The van der Waals surface area contributed by atoms with Crippen LogP contribution in [0, 0.1) is 0 Å². The molecule has 0 saturated carbocycles. The van der Waals surface area contributed by atoms with E-state index in [0.717, 1.165) is 33.8 Å². The minimum atomic E-state index is 0.0814. The standard InChI is InChI=1S/C15H17N3OS/c1-2-10-9-11(14(16)20-10)15-17-12-5-3-4-6-13(12)18(15)7-8-19/h3-6,9,19H,2,7-8,16H2,1H3. The Morgan fingerprint density at radius 3 is 2.85 bits per heavy atom. The first-order valence-electron chi connectivity index (χ1n) is 6.69. The Labute approximate surface area is 121 Å². The maximum absolute atomic E-state index is 9.31. The van der Waals surface area contributed by atoms with Crippen LogP contribution >= 0.6 is 11.3 Å². The molecule has 3 rings (SSSR count). The highest BCUT2D eigenvalue weighted by Gasteiger charge is 2.16. The largest absolute Gasteiger partial charge is 0.395 e. The molecule has 0 unspecified atom stereocenters. The van der Waals surface area contributed by atoms with E-state index < -0.39 is 0 Å². The highest BCUT2D eigenvalue weighted by molar-refractivity contribution is 7.16. The van der Waals surface area contributed by atoms with E-state index in [4.69, 9.17) is 5.73 Å². The van der Waals surface area contributed by atoms with Gasteiger partial charge in [-0.25, -0.2) is 4.98 Å². The smallest absolute Gasteiger partial charge is 0.144 e. The molecule has 0 amide bonds. The summed E-state index contributed by atoms with van der Waals surface area (Å²) < 4.78 is 2.03. The van der Waals surface area contributed by atoms with Crippen molar-refractivity contribution in [1.82, 2.24) is 9.55 Å². The zero-order valence-electron chi connectivity index (χ0n) is 11.3. The predicted octanol–water partition coefficient (Wildman–Crippen LogP) is 2.90. The van der Waals surface area contributed by atoms with Crippen LogP contribution in [0.4, 0.5) is 5.00 Å². The van der Waals surface area contributed by atoms with Gasteiger partial charge in [0.05, 0.1) is 28.2 Å². The Bertz CT molecular complexity index is 745. The normalized spacial score (nSPS) is 11.3. The lowest BCUT2D eigenvalue weighted by atomic mass is 10.2. The fraction of sp³-hybridized carbons (Fsp3) is 0.267. The molecule has 0 fully saturated rings. The quantitative estimate of drug-likeness (QED) is 0.775. The van der Waals surface area contributed by atoms with Crippen molar-refractivity contribution in [2.75, 3.05) is 12.3 Å². The zero-order valence-corrected chi connectivity index (χ0v) is 12.2. The molecule has 20 heavy (non-hydrogen) atoms. The van der Waals surface area contributed by atoms with Gasteiger partial charge in [0, 0.05) is 11.4 Å². The van der Waals surface area contributed by atoms with Crippen LogP contribution in [0.25, 0.3) is 22.4 Å². The number of aliphatic hydroxyl groups is 1. The Balaban J connectivity index is 2.23. The first-order valence-corrected chi connectivity index (χ1v) is 7.51. The van der Waals surface area contributed by atoms with Crippen molar-refractivity contribution in [3.63, 3.8) is 0 Å². The van der Waals surface area contributed by atoms with Gasteiger partial charge in [-0.05, 0) is 24.6 Å². The molecule has 0 bridgehead atoms. The average molecular weight is 287 g/mol. The summed E-state index contributed by atoms with van der Waals surface area (Å²) in [5, 5.41) is 10.1. The summed E-state index contributed by atoms with van der Waals surface area (Å²) >= 11 is 1.61. The van der Waals surface area contributed by atoms with E-state index in [0.29, 0.717) is 6.54 Å². The van der Waals surface area contributed by atoms with Crippen molar-refractivity contribution in [3.05, 3.63) is 35.2 Å². The molecule has 2 aromatic heterocycles. The van der Waals surface area contributed by atoms with Crippen LogP contribution in [0.5, 0.6) is 0 Å². The Kier molecular flexibility index (Phi) is 3.46. The van der Waals surface area contributed by atoms with Crippen molar-refractivity contribution in [1.29, 1.82) is 0 Å². The van der Waals surface area contributed by atoms with Gasteiger partial charge in [-0.15, -0.1) is 11.3 Å². The number of imidazole rings is 1. The molecule has 0 aliphatic heterocycles. The highest BCUT2D eigenvalue weighted by atomic mass is 32.1. The minimum Gasteiger partial charge on any atom is -0.395 e. The minimum absolute atomic E-state index is 0.0814. The molecule has 0 radical (unpaired) electrons. The van der Waals surface area contributed by atoms with E-state index >= 15 is 0 Å². The molecule has 0 aliphatic carbocycles. The lowest BCUT2D eigenvalue weighted by Gasteiger charge is -2.06. The molecule has 1 aromatic carbocycles. The van der Waals surface area contributed by atoms with Crippen molar-refractivity contribution in [2.24, 2.45) is 0 Å². The van der Waals surface area contributed by atoms with Crippen molar-refractivity contribution >= 4 is 27.4 Å². The number of fused-ring (bicyclic) bond motifs is 1. The second-order valence-corrected chi connectivity index (χ2v) is 5.81. The number of aryl methyl sites for hydroxylation is 1. The van der Waals surface area contributed by atoms with Crippen LogP contribution in [0.2, 0.25) is 0 Å². The molecular formula is C15H17N3OS. The topological polar surface area (TPSA) is 64.1 Å². The third kappa shape index (κ3) is 2.09. The van der Waals surface area contributed by atoms with E-state index in [9.17, 15) is 5.11 Å². The summed E-state index contributed by atoms with van der Waals surface area (Å²) in [7, 11) is 0. The molecule has 5 heteroatoms. The van der Waals surface area contributed by atoms with Crippen molar-refractivity contribution < 1.29 is 5.11 Å². The molecular weight excluding hydrogens is 270 g/mol. The summed E-state index contributed by atoms with van der Waals surface area (Å²) in [5.74, 6) is 0.841. The molecule has 3 N–H and O–H groups in total. The maximum Gasteiger partial charge on any atom is 0.144 e. The molecule has 0 aliphatic rings. The second kappa shape index (κ2) is 5.26. The van der Waals surface area contributed by atoms with E-state index in [1.807, 2.05) is 28.8 Å². The fourth-order valence-corrected chi connectivity index (χ4v) is 3.28. The predicted molar refractivity (Wildman–Crippen MR) is 83.9 cm³/mol. The number of para-hydroxylation sites is 2. The second-order valence-electron chi connectivity index (χ2n) is 4.64. The molecule has 0 spiro atoms. The number of thiophene rings is 1. The summed E-state index contributed by atoms with van der Waals surface area (Å²) in [6, 6.07) is 10.1. The van der Waals surface area contributed by atoms with Gasteiger partial charge in [0.1, 0.15) is 5.82 Å². The van der Waals surface area contributed by atoms with Gasteiger partial charge in [-0.2, -0.15) is 0 Å². The van der Waals surface area contributed by atoms with Crippen LogP contribution in [-0.2, 0) is 13.0 Å². The summed E-state index contributed by atoms with van der Waals surface area (Å²) in [5.41, 5.74) is 9.07. The van der Waals surface area contributed by atoms with E-state index in [1.54, 1.807) is 11.3 Å². The maximum atomic E-state index is 9.31. The van der Waals surface area contributed by atoms with Gasteiger partial charge in [0.2, 0.25) is 0 Å². The monoisotopic (exact) mass is 287 g/mol. The number of hydrogen-bond donors (Lipinski definition) is 2. The van der Waals surface area contributed by atoms with Crippen LogP contribution < -0.4 is 5.73 Å². The highest BCUT2D eigenvalue weighted by Crippen LogP contribution is 2.35. The number of nitrogen functional groups attached to an aromatic ring is 1. The molecule has 4 nitrogen and oxygen atoms in total. The summed E-state index contributed by atoms with van der Waals surface area (Å²) in [4.78, 5) is 5.94. The van der Waals surface area contributed by atoms with E-state index in [-0.39, 0.29) is 6.61 Å². The SMILES string of the molecule is CCc1cc(-c2nc3ccccc3n2CCO)c(N)s1. The number of anilines is 1. The van der Waals surface area contributed by atoms with Gasteiger partial charge in [0.15, 0.2) is 0 Å². The fourth-order valence-electron chi connectivity index (χ4n) is 2.41. The average Bonchev–Trinajstić information content (AvgIpc) is 3.00. The number of rotatable bonds is 4. The van der Waals surface area contributed by atoms with Crippen LogP contribution in [0.3, 0.4) is 0 Å². The number of nitrogens with two attached hydrogens (primary N) is 1. The number of aliphatic hydroxyl groups excluding tert-OH is 1. The lowest BCUT2D eigenvalue weighted by Crippen LogP contribution is -2.04. The molecule has 3 aromatic rings. The summed E-state index contributed by atoms with van der Waals surface area (Å²) in [6.07, 6.45) is 0.967. The van der Waals surface area contributed by atoms with Crippen LogP contribution in [0.15, 0.2) is 30.3 Å². The summed E-state index contributed by atoms with van der Waals surface area (Å²) in [6.45, 7) is 2.72. The number of nitrogens with zero attached hydrogens (tertiary/aromatic N) is 2. The van der Waals surface area contributed by atoms with Crippen molar-refractivity contribution in [3.8, 4) is 11.4 Å². The molecule has 0 atom stereocenters. The lowest BCUT2D eigenvalue weighted by molar-refractivity contribution is 0.278. The van der Waals surface area contributed by atoms with Gasteiger partial charge in [-0.3, -0.25) is 0 Å². The first kappa shape index (κ1) is 13.1. The van der Waals surface area contributed by atoms with Crippen molar-refractivity contribution in [2.45, 2.75) is 19.9 Å². The number of aromatic nitrogens is 2. The molecule has 2 heterocycles. The number of benzene rings is 1. The van der Waals surface area contributed by atoms with Crippen LogP contribution in [-0.4, -0.2) is 21.3 Å². The third-order valence-electron chi connectivity index (χ3n) is 3.38. The zero-order chi connectivity index (χ0) is 14.1. The van der Waals surface area contributed by atoms with Gasteiger partial charge in [-0.1, -0.05) is 19.1 Å². The molecule has 104 valence electrons. The van der Waals surface area contributed by atoms with Gasteiger partial charge >= 0.3 is 0 Å². The Morgan fingerprint density at radius 2 is 2.15 bits per heavy atom. The van der Waals surface area contributed by atoms with Crippen LogP contribution in [0.1, 0.15) is 11.8 Å². The van der Waals surface area contributed by atoms with Gasteiger partial charge < -0.3 is 15.4 Å². The molecule has 0 saturated heterocycles. The third-order valence-corrected chi connectivity index (χ3v) is 4.49. The number of hydrogen-bond acceptors (Lipinski definition) is 4. The Hall–Kier alpha value is -1.85. The Morgan fingerprint density at radius 1 is 1.35 bits per heavy atom. The van der Waals surface area contributed by atoms with E-state index in [2.05, 4.69) is 18.0 Å². The van der Waals surface area contributed by atoms with Gasteiger partial charge in [0.25, 0.3) is 0 Å². The van der Waals surface area contributed by atoms with E-state index in [1.165, 1.54) is 4.88 Å².